The minimum atomic E-state index is -0.508. The SMILES string of the molecule is O[C@@H]1c2ccc(F)cc2C[C@H]1N1CCC(c2cccc3c2OCC3)CC1. The quantitative estimate of drug-likeness (QED) is 0.895. The number of halogens is 1. The molecule has 136 valence electrons. The van der Waals surface area contributed by atoms with E-state index in [4.69, 9.17) is 4.74 Å². The van der Waals surface area contributed by atoms with Crippen molar-refractivity contribution in [2.75, 3.05) is 19.7 Å². The van der Waals surface area contributed by atoms with Crippen LogP contribution in [0, 0.1) is 5.82 Å². The van der Waals surface area contributed by atoms with Gasteiger partial charge in [-0.05, 0) is 72.7 Å². The summed E-state index contributed by atoms with van der Waals surface area (Å²) in [7, 11) is 0. The summed E-state index contributed by atoms with van der Waals surface area (Å²) < 4.78 is 19.4. The van der Waals surface area contributed by atoms with E-state index < -0.39 is 6.10 Å². The highest BCUT2D eigenvalue weighted by molar-refractivity contribution is 5.46. The van der Waals surface area contributed by atoms with Crippen LogP contribution < -0.4 is 4.74 Å². The lowest BCUT2D eigenvalue weighted by Gasteiger charge is -2.37. The summed E-state index contributed by atoms with van der Waals surface area (Å²) in [5.74, 6) is 1.43. The monoisotopic (exact) mass is 353 g/mol. The lowest BCUT2D eigenvalue weighted by Crippen LogP contribution is -2.43. The predicted molar refractivity (Wildman–Crippen MR) is 98.0 cm³/mol. The second kappa shape index (κ2) is 6.36. The van der Waals surface area contributed by atoms with Gasteiger partial charge in [-0.2, -0.15) is 0 Å². The van der Waals surface area contributed by atoms with E-state index in [1.165, 1.54) is 17.2 Å². The van der Waals surface area contributed by atoms with Crippen molar-refractivity contribution in [2.45, 2.75) is 43.7 Å². The van der Waals surface area contributed by atoms with E-state index in [0.29, 0.717) is 5.92 Å². The molecule has 2 aromatic carbocycles. The Morgan fingerprint density at radius 1 is 1.04 bits per heavy atom. The van der Waals surface area contributed by atoms with Crippen LogP contribution in [0.1, 0.15) is 47.1 Å². The first-order valence-electron chi connectivity index (χ1n) is 9.66. The van der Waals surface area contributed by atoms with Crippen LogP contribution in [0.15, 0.2) is 36.4 Å². The van der Waals surface area contributed by atoms with Gasteiger partial charge in [-0.3, -0.25) is 4.90 Å². The van der Waals surface area contributed by atoms with Crippen molar-refractivity contribution in [3.8, 4) is 5.75 Å². The van der Waals surface area contributed by atoms with Crippen LogP contribution in [0.5, 0.6) is 5.75 Å². The molecule has 4 heteroatoms. The third-order valence-electron chi connectivity index (χ3n) is 6.40. The fraction of sp³-hybridized carbons (Fsp3) is 0.455. The van der Waals surface area contributed by atoms with Crippen LogP contribution in [0.4, 0.5) is 4.39 Å². The zero-order valence-corrected chi connectivity index (χ0v) is 14.8. The van der Waals surface area contributed by atoms with E-state index in [1.54, 1.807) is 12.1 Å². The number of hydrogen-bond acceptors (Lipinski definition) is 3. The summed E-state index contributed by atoms with van der Waals surface area (Å²) in [6, 6.07) is 11.4. The summed E-state index contributed by atoms with van der Waals surface area (Å²) in [5.41, 5.74) is 4.55. The van der Waals surface area contributed by atoms with Crippen molar-refractivity contribution in [1.82, 2.24) is 4.90 Å². The Hall–Kier alpha value is -1.91. The average molecular weight is 353 g/mol. The summed E-state index contributed by atoms with van der Waals surface area (Å²) in [6.07, 6.45) is 3.40. The molecule has 0 amide bonds. The van der Waals surface area contributed by atoms with Crippen LogP contribution in [-0.4, -0.2) is 35.7 Å². The van der Waals surface area contributed by atoms with Crippen LogP contribution in [0.3, 0.4) is 0 Å². The highest BCUT2D eigenvalue weighted by Crippen LogP contribution is 2.41. The Morgan fingerprint density at radius 2 is 1.88 bits per heavy atom. The Morgan fingerprint density at radius 3 is 2.73 bits per heavy atom. The molecule has 0 bridgehead atoms. The molecule has 1 fully saturated rings. The number of fused-ring (bicyclic) bond motifs is 2. The summed E-state index contributed by atoms with van der Waals surface area (Å²) in [5, 5.41) is 10.7. The molecule has 3 aliphatic rings. The van der Waals surface area contributed by atoms with Gasteiger partial charge in [0, 0.05) is 12.5 Å². The Balaban J connectivity index is 1.29. The number of rotatable bonds is 2. The van der Waals surface area contributed by atoms with Crippen molar-refractivity contribution in [1.29, 1.82) is 0 Å². The molecule has 2 aromatic rings. The average Bonchev–Trinajstić information content (AvgIpc) is 3.26. The summed E-state index contributed by atoms with van der Waals surface area (Å²) >= 11 is 0. The molecule has 0 spiro atoms. The highest BCUT2D eigenvalue weighted by Gasteiger charge is 2.37. The molecule has 1 saturated heterocycles. The molecule has 1 aliphatic carbocycles. The Labute approximate surface area is 153 Å². The van der Waals surface area contributed by atoms with Crippen LogP contribution in [0.25, 0.3) is 0 Å². The van der Waals surface area contributed by atoms with E-state index >= 15 is 0 Å². The van der Waals surface area contributed by atoms with Gasteiger partial charge in [-0.1, -0.05) is 24.3 Å². The molecule has 1 N–H and O–H groups in total. The number of likely N-dealkylation sites (tertiary alicyclic amines) is 1. The fourth-order valence-electron chi connectivity index (χ4n) is 5.02. The molecule has 0 unspecified atom stereocenters. The predicted octanol–water partition coefficient (Wildman–Crippen LogP) is 3.60. The van der Waals surface area contributed by atoms with Crippen molar-refractivity contribution in [3.05, 3.63) is 64.5 Å². The molecule has 0 aromatic heterocycles. The number of hydrogen-bond donors (Lipinski definition) is 1. The van der Waals surface area contributed by atoms with Crippen LogP contribution in [0.2, 0.25) is 0 Å². The maximum Gasteiger partial charge on any atom is 0.126 e. The zero-order valence-electron chi connectivity index (χ0n) is 14.8. The second-order valence-electron chi connectivity index (χ2n) is 7.80. The van der Waals surface area contributed by atoms with E-state index in [-0.39, 0.29) is 11.9 Å². The van der Waals surface area contributed by atoms with E-state index in [9.17, 15) is 9.50 Å². The molecule has 3 nitrogen and oxygen atoms in total. The normalized spacial score (nSPS) is 25.8. The summed E-state index contributed by atoms with van der Waals surface area (Å²) in [4.78, 5) is 2.39. The zero-order chi connectivity index (χ0) is 17.7. The van der Waals surface area contributed by atoms with Crippen LogP contribution >= 0.6 is 0 Å². The van der Waals surface area contributed by atoms with E-state index in [2.05, 4.69) is 23.1 Å². The van der Waals surface area contributed by atoms with E-state index in [1.807, 2.05) is 0 Å². The molecular weight excluding hydrogens is 329 g/mol. The largest absolute Gasteiger partial charge is 0.493 e. The molecule has 0 saturated carbocycles. The minimum absolute atomic E-state index is 0.0745. The lowest BCUT2D eigenvalue weighted by molar-refractivity contribution is 0.0456. The number of aliphatic hydroxyl groups excluding tert-OH is 1. The van der Waals surface area contributed by atoms with Gasteiger partial charge in [-0.15, -0.1) is 0 Å². The first-order valence-corrected chi connectivity index (χ1v) is 9.66. The topological polar surface area (TPSA) is 32.7 Å². The maximum absolute atomic E-state index is 13.5. The molecule has 26 heavy (non-hydrogen) atoms. The Bertz CT molecular complexity index is 829. The second-order valence-corrected chi connectivity index (χ2v) is 7.80. The van der Waals surface area contributed by atoms with Crippen molar-refractivity contribution < 1.29 is 14.2 Å². The number of para-hydroxylation sites is 1. The molecule has 2 atom stereocenters. The van der Waals surface area contributed by atoms with Crippen molar-refractivity contribution >= 4 is 0 Å². The Kier molecular flexibility index (Phi) is 3.98. The molecular formula is C22H24FNO2. The van der Waals surface area contributed by atoms with Crippen molar-refractivity contribution in [2.24, 2.45) is 0 Å². The number of ether oxygens (including phenoxy) is 1. The van der Waals surface area contributed by atoms with E-state index in [0.717, 1.165) is 62.3 Å². The van der Waals surface area contributed by atoms with Gasteiger partial charge >= 0.3 is 0 Å². The smallest absolute Gasteiger partial charge is 0.126 e. The third-order valence-corrected chi connectivity index (χ3v) is 6.40. The molecule has 2 aliphatic heterocycles. The standard InChI is InChI=1S/C22H24FNO2/c23-17-4-5-18-16(12-17)13-20(21(18)25)24-9-6-14(7-10-24)19-3-1-2-15-8-11-26-22(15)19/h1-5,12,14,20-21,25H,6-11,13H2/t20-,21-/m1/s1. The third kappa shape index (κ3) is 2.63. The van der Waals surface area contributed by atoms with Gasteiger partial charge in [0.15, 0.2) is 0 Å². The van der Waals surface area contributed by atoms with Gasteiger partial charge in [-0.25, -0.2) is 4.39 Å². The summed E-state index contributed by atoms with van der Waals surface area (Å²) in [6.45, 7) is 2.73. The van der Waals surface area contributed by atoms with Gasteiger partial charge in [0.2, 0.25) is 0 Å². The first kappa shape index (κ1) is 16.3. The first-order chi connectivity index (χ1) is 12.7. The molecule has 0 radical (unpaired) electrons. The van der Waals surface area contributed by atoms with Gasteiger partial charge in [0.05, 0.1) is 12.7 Å². The number of nitrogens with zero attached hydrogens (tertiary/aromatic N) is 1. The number of benzene rings is 2. The molecule has 5 rings (SSSR count). The highest BCUT2D eigenvalue weighted by atomic mass is 19.1. The van der Waals surface area contributed by atoms with Crippen LogP contribution in [-0.2, 0) is 12.8 Å². The van der Waals surface area contributed by atoms with Gasteiger partial charge in [0.25, 0.3) is 0 Å². The number of aliphatic hydroxyl groups is 1. The maximum atomic E-state index is 13.5. The lowest BCUT2D eigenvalue weighted by atomic mass is 9.87. The van der Waals surface area contributed by atoms with Crippen molar-refractivity contribution in [3.63, 3.8) is 0 Å². The van der Waals surface area contributed by atoms with Gasteiger partial charge in [0.1, 0.15) is 11.6 Å². The fourth-order valence-corrected chi connectivity index (χ4v) is 5.02. The van der Waals surface area contributed by atoms with Gasteiger partial charge < -0.3 is 9.84 Å². The molecule has 2 heterocycles. The minimum Gasteiger partial charge on any atom is -0.493 e. The number of piperidine rings is 1.